The van der Waals surface area contributed by atoms with Crippen LogP contribution in [0.25, 0.3) is 17.2 Å². The molecule has 5 rings (SSSR count). The molecular weight excluding hydrogens is 488 g/mol. The van der Waals surface area contributed by atoms with Gasteiger partial charge in [-0.05, 0) is 74.6 Å². The number of imidazole rings is 1. The maximum absolute atomic E-state index is 12.7. The Morgan fingerprint density at radius 1 is 1.16 bits per heavy atom. The molecule has 1 saturated heterocycles. The van der Waals surface area contributed by atoms with Gasteiger partial charge >= 0.3 is 6.09 Å². The maximum Gasteiger partial charge on any atom is 0.410 e. The molecule has 37 heavy (non-hydrogen) atoms. The number of fused-ring (bicyclic) bond motifs is 2. The lowest BCUT2D eigenvalue weighted by Gasteiger charge is -2.32. The van der Waals surface area contributed by atoms with Gasteiger partial charge in [-0.15, -0.1) is 0 Å². The van der Waals surface area contributed by atoms with Crippen LogP contribution in [0.5, 0.6) is 0 Å². The van der Waals surface area contributed by atoms with Gasteiger partial charge in [-0.3, -0.25) is 4.98 Å². The molecule has 1 aliphatic heterocycles. The molecule has 8 heteroatoms. The quantitative estimate of drug-likeness (QED) is 0.457. The number of carbonyl (C=O) groups is 1. The lowest BCUT2D eigenvalue weighted by molar-refractivity contribution is 0.0236. The van der Waals surface area contributed by atoms with Gasteiger partial charge in [0.15, 0.2) is 0 Å². The van der Waals surface area contributed by atoms with E-state index in [9.17, 15) is 9.90 Å². The predicted octanol–water partition coefficient (Wildman–Crippen LogP) is 5.89. The van der Waals surface area contributed by atoms with Gasteiger partial charge in [0.2, 0.25) is 0 Å². The number of halogens is 1. The van der Waals surface area contributed by atoms with Gasteiger partial charge in [0.25, 0.3) is 0 Å². The molecule has 1 unspecified atom stereocenters. The molecular formula is C29H31ClN4O3. The van der Waals surface area contributed by atoms with E-state index in [4.69, 9.17) is 21.3 Å². The van der Waals surface area contributed by atoms with Crippen molar-refractivity contribution in [3.8, 4) is 0 Å². The van der Waals surface area contributed by atoms with Crippen LogP contribution in [-0.4, -0.2) is 49.3 Å². The molecule has 0 spiro atoms. The number of aromatic nitrogens is 3. The Balaban J connectivity index is 1.61. The van der Waals surface area contributed by atoms with Crippen molar-refractivity contribution in [2.75, 3.05) is 13.1 Å². The number of pyridine rings is 1. The average Bonchev–Trinajstić information content (AvgIpc) is 3.23. The van der Waals surface area contributed by atoms with Crippen LogP contribution in [0, 0.1) is 0 Å². The first-order valence-corrected chi connectivity index (χ1v) is 12.8. The minimum atomic E-state index is -0.906. The van der Waals surface area contributed by atoms with Gasteiger partial charge in [-0.1, -0.05) is 29.3 Å². The molecule has 3 heterocycles. The summed E-state index contributed by atoms with van der Waals surface area (Å²) in [6, 6.07) is 9.71. The summed E-state index contributed by atoms with van der Waals surface area (Å²) in [7, 11) is 1.86. The number of likely N-dealkylation sites (tertiary alicyclic amines) is 1. The lowest BCUT2D eigenvalue weighted by atomic mass is 9.86. The minimum Gasteiger partial charge on any atom is -0.444 e. The molecule has 7 nitrogen and oxygen atoms in total. The Morgan fingerprint density at radius 3 is 2.59 bits per heavy atom. The fourth-order valence-corrected chi connectivity index (χ4v) is 5.17. The summed E-state index contributed by atoms with van der Waals surface area (Å²) < 4.78 is 7.41. The van der Waals surface area contributed by atoms with Gasteiger partial charge in [0, 0.05) is 42.5 Å². The van der Waals surface area contributed by atoms with Gasteiger partial charge in [-0.2, -0.15) is 0 Å². The highest BCUT2D eigenvalue weighted by Crippen LogP contribution is 2.44. The van der Waals surface area contributed by atoms with Gasteiger partial charge in [0.1, 0.15) is 11.7 Å². The van der Waals surface area contributed by atoms with Crippen molar-refractivity contribution < 1.29 is 14.6 Å². The average molecular weight is 519 g/mol. The van der Waals surface area contributed by atoms with Crippen molar-refractivity contribution >= 4 is 34.9 Å². The fourth-order valence-electron chi connectivity index (χ4n) is 5.00. The third-order valence-electron chi connectivity index (χ3n) is 6.75. The number of aliphatic hydroxyl groups is 1. The van der Waals surface area contributed by atoms with Gasteiger partial charge < -0.3 is 19.3 Å². The highest BCUT2D eigenvalue weighted by molar-refractivity contribution is 6.31. The second-order valence-corrected chi connectivity index (χ2v) is 10.9. The number of rotatable bonds is 2. The van der Waals surface area contributed by atoms with E-state index in [1.807, 2.05) is 68.8 Å². The molecule has 192 valence electrons. The van der Waals surface area contributed by atoms with Gasteiger partial charge in [-0.25, -0.2) is 9.78 Å². The maximum atomic E-state index is 12.7. The summed E-state index contributed by atoms with van der Waals surface area (Å²) in [4.78, 5) is 23.4. The van der Waals surface area contributed by atoms with Crippen LogP contribution in [0.2, 0.25) is 5.02 Å². The van der Waals surface area contributed by atoms with E-state index < -0.39 is 11.7 Å². The van der Waals surface area contributed by atoms with E-state index in [-0.39, 0.29) is 6.09 Å². The first-order chi connectivity index (χ1) is 17.6. The van der Waals surface area contributed by atoms with Crippen LogP contribution in [0.15, 0.2) is 54.6 Å². The standard InChI is InChI=1S/C29H31ClN4O3/c1-29(2,3)37-28(36)34-12-9-18(10-13-34)25-21-8-7-20(30)15-22(21)23(14-19-6-5-11-32-26(19)25)27(35)24-16-31-17-33(24)4/h5-8,11,14-17,27,35H,9-10,12-13H2,1-4H3. The number of carbonyl (C=O) groups excluding carboxylic acids is 1. The molecule has 2 aliphatic rings. The molecule has 0 radical (unpaired) electrons. The van der Waals surface area contributed by atoms with Crippen LogP contribution >= 0.6 is 11.6 Å². The predicted molar refractivity (Wildman–Crippen MR) is 145 cm³/mol. The molecule has 0 saturated carbocycles. The number of nitrogens with zero attached hydrogens (tertiary/aromatic N) is 4. The van der Waals surface area contributed by atoms with E-state index >= 15 is 0 Å². The molecule has 0 bridgehead atoms. The first kappa shape index (κ1) is 25.2. The Kier molecular flexibility index (Phi) is 6.68. The van der Waals surface area contributed by atoms with Crippen LogP contribution in [0.1, 0.15) is 67.8 Å². The zero-order chi connectivity index (χ0) is 26.3. The van der Waals surface area contributed by atoms with Crippen LogP contribution in [-0.2, 0) is 11.8 Å². The van der Waals surface area contributed by atoms with Crippen molar-refractivity contribution in [1.82, 2.24) is 19.4 Å². The number of aliphatic hydroxyl groups excluding tert-OH is 1. The number of amides is 1. The minimum absolute atomic E-state index is 0.286. The zero-order valence-corrected chi connectivity index (χ0v) is 22.3. The molecule has 2 aromatic heterocycles. The third kappa shape index (κ3) is 5.06. The van der Waals surface area contributed by atoms with Crippen LogP contribution < -0.4 is 0 Å². The molecule has 1 atom stereocenters. The topological polar surface area (TPSA) is 80.5 Å². The summed E-state index contributed by atoms with van der Waals surface area (Å²) in [5.41, 5.74) is 6.74. The summed E-state index contributed by atoms with van der Waals surface area (Å²) >= 11 is 6.49. The fraction of sp³-hybridized carbons (Fsp3) is 0.345. The van der Waals surface area contributed by atoms with Crippen LogP contribution in [0.4, 0.5) is 4.79 Å². The van der Waals surface area contributed by atoms with E-state index in [1.165, 1.54) is 5.57 Å². The van der Waals surface area contributed by atoms with Crippen molar-refractivity contribution in [1.29, 1.82) is 0 Å². The Bertz CT molecular complexity index is 1410. The molecule has 1 aliphatic carbocycles. The number of ether oxygens (including phenoxy) is 1. The highest BCUT2D eigenvalue weighted by atomic mass is 35.5. The summed E-state index contributed by atoms with van der Waals surface area (Å²) in [6.45, 7) is 6.77. The van der Waals surface area contributed by atoms with E-state index in [2.05, 4.69) is 4.98 Å². The molecule has 1 amide bonds. The van der Waals surface area contributed by atoms with E-state index in [0.717, 1.165) is 33.5 Å². The van der Waals surface area contributed by atoms with Crippen molar-refractivity contribution in [2.45, 2.75) is 45.3 Å². The second-order valence-electron chi connectivity index (χ2n) is 10.5. The summed E-state index contributed by atoms with van der Waals surface area (Å²) in [5.74, 6) is 0. The number of piperidine rings is 1. The van der Waals surface area contributed by atoms with Gasteiger partial charge in [0.05, 0.1) is 23.9 Å². The number of benzene rings is 1. The highest BCUT2D eigenvalue weighted by Gasteiger charge is 2.31. The van der Waals surface area contributed by atoms with Crippen molar-refractivity contribution in [3.05, 3.63) is 87.7 Å². The summed E-state index contributed by atoms with van der Waals surface area (Å²) in [6.07, 6.45) is 7.35. The lowest BCUT2D eigenvalue weighted by Crippen LogP contribution is -2.40. The number of hydrogen-bond acceptors (Lipinski definition) is 5. The largest absolute Gasteiger partial charge is 0.444 e. The number of aryl methyl sites for hydroxylation is 1. The number of hydrogen-bond donors (Lipinski definition) is 1. The normalized spacial score (nSPS) is 16.5. The SMILES string of the molecule is Cn1cncc1C(O)C1=Cc2cccnc2C(=C2CCN(C(=O)OC(C)(C)C)CC2)c2ccc(Cl)cc21. The molecule has 1 aromatic carbocycles. The Labute approximate surface area is 222 Å². The second kappa shape index (κ2) is 9.80. The summed E-state index contributed by atoms with van der Waals surface area (Å²) in [5, 5.41) is 12.1. The molecule has 1 N–H and O–H groups in total. The first-order valence-electron chi connectivity index (χ1n) is 12.4. The monoisotopic (exact) mass is 518 g/mol. The van der Waals surface area contributed by atoms with Crippen molar-refractivity contribution in [3.63, 3.8) is 0 Å². The third-order valence-corrected chi connectivity index (χ3v) is 6.98. The van der Waals surface area contributed by atoms with E-state index in [0.29, 0.717) is 36.6 Å². The Morgan fingerprint density at radius 2 is 1.92 bits per heavy atom. The van der Waals surface area contributed by atoms with Crippen LogP contribution in [0.3, 0.4) is 0 Å². The smallest absolute Gasteiger partial charge is 0.410 e. The molecule has 3 aromatic rings. The zero-order valence-electron chi connectivity index (χ0n) is 21.5. The Hall–Kier alpha value is -3.42. The molecule has 1 fully saturated rings. The van der Waals surface area contributed by atoms with E-state index in [1.54, 1.807) is 23.6 Å². The van der Waals surface area contributed by atoms with Crippen molar-refractivity contribution in [2.24, 2.45) is 7.05 Å².